The van der Waals surface area contributed by atoms with Gasteiger partial charge in [0, 0.05) is 23.5 Å². The second-order valence-corrected chi connectivity index (χ2v) is 13.5. The maximum Gasteiger partial charge on any atom is 0.255 e. The zero-order chi connectivity index (χ0) is 29.7. The largest absolute Gasteiger partial charge is 0.387 e. The van der Waals surface area contributed by atoms with Gasteiger partial charge in [-0.2, -0.15) is 0 Å². The molecule has 8 nitrogen and oxygen atoms in total. The van der Waals surface area contributed by atoms with Gasteiger partial charge < -0.3 is 20.6 Å². The summed E-state index contributed by atoms with van der Waals surface area (Å²) in [7, 11) is -4.10. The molecule has 0 spiro atoms. The standard InChI is InChI=1S/C29H29ClF2N2O6S/c1-15-2-9-24(33-14-15)26(35)27(36)29(38)17-4-5-18(29)12-20(11-17)41(39,40)25-10-16(3-7-21(25)30)28(37)34-19-6-8-22(31)23(32)13-19/h2-3,6-10,13-14,17-18,20,26-27,35-36,38H,4-5,11-12H2,1H3,(H,34,37). The van der Waals surface area contributed by atoms with Crippen molar-refractivity contribution in [2.45, 2.75) is 60.6 Å². The highest BCUT2D eigenvalue weighted by atomic mass is 35.5. The Hall–Kier alpha value is -2.96. The molecule has 0 aliphatic heterocycles. The molecule has 3 aromatic rings. The molecule has 218 valence electrons. The van der Waals surface area contributed by atoms with Gasteiger partial charge >= 0.3 is 0 Å². The first-order valence-electron chi connectivity index (χ1n) is 13.1. The number of carbonyl (C=O) groups excluding carboxylic acids is 1. The number of benzene rings is 2. The number of pyridine rings is 1. The predicted molar refractivity (Wildman–Crippen MR) is 147 cm³/mol. The van der Waals surface area contributed by atoms with Crippen LogP contribution in [0.5, 0.6) is 0 Å². The Morgan fingerprint density at radius 1 is 1.05 bits per heavy atom. The molecule has 4 atom stereocenters. The van der Waals surface area contributed by atoms with Gasteiger partial charge in [-0.05, 0) is 86.4 Å². The summed E-state index contributed by atoms with van der Waals surface area (Å²) in [6.07, 6.45) is -0.541. The lowest BCUT2D eigenvalue weighted by Crippen LogP contribution is -2.57. The van der Waals surface area contributed by atoms with Crippen LogP contribution in [0.4, 0.5) is 14.5 Å². The quantitative estimate of drug-likeness (QED) is 0.314. The minimum atomic E-state index is -4.10. The minimum Gasteiger partial charge on any atom is -0.387 e. The molecule has 2 saturated carbocycles. The molecule has 41 heavy (non-hydrogen) atoms. The third-order valence-electron chi connectivity index (χ3n) is 8.39. The first kappa shape index (κ1) is 29.5. The van der Waals surface area contributed by atoms with Crippen LogP contribution < -0.4 is 5.32 Å². The van der Waals surface area contributed by atoms with E-state index in [1.807, 2.05) is 6.92 Å². The molecule has 2 aliphatic carbocycles. The van der Waals surface area contributed by atoms with Gasteiger partial charge in [-0.3, -0.25) is 9.78 Å². The van der Waals surface area contributed by atoms with Crippen LogP contribution in [-0.2, 0) is 9.84 Å². The number of halogens is 3. The van der Waals surface area contributed by atoms with Crippen LogP contribution in [0.25, 0.3) is 0 Å². The van der Waals surface area contributed by atoms with Gasteiger partial charge in [0.15, 0.2) is 21.5 Å². The van der Waals surface area contributed by atoms with E-state index in [-0.39, 0.29) is 39.7 Å². The van der Waals surface area contributed by atoms with E-state index in [1.165, 1.54) is 18.2 Å². The number of aryl methyl sites for hydroxylation is 1. The predicted octanol–water partition coefficient (Wildman–Crippen LogP) is 4.36. The fourth-order valence-electron chi connectivity index (χ4n) is 6.17. The lowest BCUT2D eigenvalue weighted by Gasteiger charge is -2.46. The Kier molecular flexibility index (Phi) is 7.95. The normalized spacial score (nSPS) is 25.5. The van der Waals surface area contributed by atoms with Crippen molar-refractivity contribution >= 4 is 33.0 Å². The monoisotopic (exact) mass is 606 g/mol. The maximum atomic E-state index is 13.8. The molecule has 4 N–H and O–H groups in total. The highest BCUT2D eigenvalue weighted by Crippen LogP contribution is 2.55. The van der Waals surface area contributed by atoms with Gasteiger partial charge in [-0.1, -0.05) is 17.7 Å². The van der Waals surface area contributed by atoms with E-state index < -0.39 is 62.3 Å². The number of anilines is 1. The van der Waals surface area contributed by atoms with Crippen LogP contribution in [0.3, 0.4) is 0 Å². The fourth-order valence-corrected chi connectivity index (χ4v) is 8.57. The molecule has 0 radical (unpaired) electrons. The first-order chi connectivity index (χ1) is 19.3. The summed E-state index contributed by atoms with van der Waals surface area (Å²) in [5.74, 6) is -4.21. The molecule has 1 aromatic heterocycles. The number of aromatic nitrogens is 1. The number of amides is 1. The molecular weight excluding hydrogens is 578 g/mol. The van der Waals surface area contributed by atoms with Crippen molar-refractivity contribution in [3.05, 3.63) is 88.2 Å². The van der Waals surface area contributed by atoms with E-state index >= 15 is 0 Å². The lowest BCUT2D eigenvalue weighted by atomic mass is 9.69. The van der Waals surface area contributed by atoms with E-state index in [0.29, 0.717) is 12.8 Å². The molecule has 2 aromatic carbocycles. The summed E-state index contributed by atoms with van der Waals surface area (Å²) < 4.78 is 54.4. The second kappa shape index (κ2) is 11.0. The van der Waals surface area contributed by atoms with E-state index in [4.69, 9.17) is 11.6 Å². The lowest BCUT2D eigenvalue weighted by molar-refractivity contribution is -0.178. The van der Waals surface area contributed by atoms with Crippen LogP contribution in [0.15, 0.2) is 59.6 Å². The average Bonchev–Trinajstić information content (AvgIpc) is 3.10. The zero-order valence-electron chi connectivity index (χ0n) is 22.0. The third kappa shape index (κ3) is 5.37. The van der Waals surface area contributed by atoms with Crippen LogP contribution in [-0.4, -0.2) is 51.6 Å². The number of sulfone groups is 1. The van der Waals surface area contributed by atoms with Crippen molar-refractivity contribution in [1.29, 1.82) is 0 Å². The molecule has 4 unspecified atom stereocenters. The molecule has 2 aliphatic rings. The Bertz CT molecular complexity index is 1570. The van der Waals surface area contributed by atoms with Crippen LogP contribution in [0.2, 0.25) is 5.02 Å². The van der Waals surface area contributed by atoms with E-state index in [2.05, 4.69) is 10.3 Å². The number of aliphatic hydroxyl groups is 3. The first-order valence-corrected chi connectivity index (χ1v) is 15.1. The van der Waals surface area contributed by atoms with Gasteiger partial charge in [-0.15, -0.1) is 0 Å². The zero-order valence-corrected chi connectivity index (χ0v) is 23.5. The molecule has 1 heterocycles. The van der Waals surface area contributed by atoms with Crippen LogP contribution in [0.1, 0.15) is 53.4 Å². The summed E-state index contributed by atoms with van der Waals surface area (Å²) in [4.78, 5) is 16.7. The van der Waals surface area contributed by atoms with Crippen molar-refractivity contribution in [2.75, 3.05) is 5.32 Å². The van der Waals surface area contributed by atoms with Gasteiger partial charge in [0.05, 0.1) is 26.5 Å². The van der Waals surface area contributed by atoms with Gasteiger partial charge in [0.25, 0.3) is 5.91 Å². The second-order valence-electron chi connectivity index (χ2n) is 10.9. The summed E-state index contributed by atoms with van der Waals surface area (Å²) in [6, 6.07) is 9.86. The summed E-state index contributed by atoms with van der Waals surface area (Å²) in [5.41, 5.74) is -0.718. The Labute approximate surface area is 240 Å². The van der Waals surface area contributed by atoms with Crippen molar-refractivity contribution in [3.63, 3.8) is 0 Å². The summed E-state index contributed by atoms with van der Waals surface area (Å²) in [6.45, 7) is 1.83. The molecule has 12 heteroatoms. The number of hydrogen-bond donors (Lipinski definition) is 4. The topological polar surface area (TPSA) is 137 Å². The average molecular weight is 607 g/mol. The van der Waals surface area contributed by atoms with Gasteiger partial charge in [0.2, 0.25) is 0 Å². The molecular formula is C29H29ClF2N2O6S. The smallest absolute Gasteiger partial charge is 0.255 e. The number of nitrogens with zero attached hydrogens (tertiary/aromatic N) is 1. The van der Waals surface area contributed by atoms with Crippen molar-refractivity contribution < 1.29 is 37.3 Å². The van der Waals surface area contributed by atoms with Crippen molar-refractivity contribution in [2.24, 2.45) is 11.8 Å². The Balaban J connectivity index is 1.36. The molecule has 5 rings (SSSR count). The minimum absolute atomic E-state index is 0.0158. The number of nitrogens with one attached hydrogen (secondary N) is 1. The number of fused-ring (bicyclic) bond motifs is 2. The number of rotatable bonds is 7. The van der Waals surface area contributed by atoms with Crippen molar-refractivity contribution in [3.8, 4) is 0 Å². The summed E-state index contributed by atoms with van der Waals surface area (Å²) >= 11 is 6.29. The highest BCUT2D eigenvalue weighted by Gasteiger charge is 2.60. The summed E-state index contributed by atoms with van der Waals surface area (Å²) in [5, 5.41) is 35.0. The molecule has 2 bridgehead atoms. The molecule has 1 amide bonds. The van der Waals surface area contributed by atoms with E-state index in [9.17, 15) is 37.3 Å². The molecule has 2 fully saturated rings. The maximum absolute atomic E-state index is 13.8. The van der Waals surface area contributed by atoms with E-state index in [0.717, 1.165) is 23.8 Å². The van der Waals surface area contributed by atoms with Crippen LogP contribution >= 0.6 is 11.6 Å². The number of hydrogen-bond acceptors (Lipinski definition) is 7. The SMILES string of the molecule is Cc1ccc(C(O)C(O)C2(O)C3CCC2CC(S(=O)(=O)c2cc(C(=O)Nc4ccc(F)c(F)c4)ccc2Cl)C3)nc1. The Morgan fingerprint density at radius 3 is 2.34 bits per heavy atom. The highest BCUT2D eigenvalue weighted by molar-refractivity contribution is 7.92. The van der Waals surface area contributed by atoms with Crippen molar-refractivity contribution in [1.82, 2.24) is 4.98 Å². The van der Waals surface area contributed by atoms with Gasteiger partial charge in [-0.25, -0.2) is 17.2 Å². The fraction of sp³-hybridized carbons (Fsp3) is 0.379. The number of carbonyl (C=O) groups is 1. The van der Waals surface area contributed by atoms with Gasteiger partial charge in [0.1, 0.15) is 12.2 Å². The Morgan fingerprint density at radius 2 is 1.73 bits per heavy atom. The molecule has 0 saturated heterocycles. The third-order valence-corrected chi connectivity index (χ3v) is 11.0. The number of aliphatic hydroxyl groups excluding tert-OH is 2. The van der Waals surface area contributed by atoms with E-state index in [1.54, 1.807) is 18.3 Å². The van der Waals surface area contributed by atoms with Crippen LogP contribution in [0, 0.1) is 30.4 Å².